The molecular formula is C12H19NO4. The maximum Gasteiger partial charge on any atom is 0.305 e. The summed E-state index contributed by atoms with van der Waals surface area (Å²) in [5.74, 6) is -0.818. The number of ether oxygens (including phenoxy) is 1. The predicted molar refractivity (Wildman–Crippen MR) is 66.4 cm³/mol. The Morgan fingerprint density at radius 3 is 2.47 bits per heavy atom. The molecule has 17 heavy (non-hydrogen) atoms. The lowest BCUT2D eigenvalue weighted by Crippen LogP contribution is -2.06. The first-order valence-electron chi connectivity index (χ1n) is 4.98. The number of carbonyl (C=O) groups excluding carboxylic acids is 1. The van der Waals surface area contributed by atoms with E-state index in [2.05, 4.69) is 16.6 Å². The summed E-state index contributed by atoms with van der Waals surface area (Å²) in [7, 11) is 1.48. The van der Waals surface area contributed by atoms with Crippen LogP contribution in [0.1, 0.15) is 13.3 Å². The first-order valence-corrected chi connectivity index (χ1v) is 4.98. The zero-order valence-corrected chi connectivity index (χ0v) is 10.2. The van der Waals surface area contributed by atoms with Crippen molar-refractivity contribution in [3.63, 3.8) is 0 Å². The SMILES string of the molecule is C=C/C(=C\C=C/C)NC=O.COCCC(=O)O. The van der Waals surface area contributed by atoms with Gasteiger partial charge in [-0.15, -0.1) is 0 Å². The van der Waals surface area contributed by atoms with E-state index in [4.69, 9.17) is 5.11 Å². The van der Waals surface area contributed by atoms with Crippen molar-refractivity contribution in [2.45, 2.75) is 13.3 Å². The lowest BCUT2D eigenvalue weighted by atomic mass is 10.3. The van der Waals surface area contributed by atoms with Gasteiger partial charge in [-0.1, -0.05) is 18.7 Å². The van der Waals surface area contributed by atoms with Crippen molar-refractivity contribution in [3.05, 3.63) is 36.6 Å². The number of nitrogens with one attached hydrogen (secondary N) is 1. The van der Waals surface area contributed by atoms with Gasteiger partial charge in [-0.25, -0.2) is 0 Å². The lowest BCUT2D eigenvalue weighted by molar-refractivity contribution is -0.138. The summed E-state index contributed by atoms with van der Waals surface area (Å²) in [5.41, 5.74) is 0.702. The average molecular weight is 241 g/mol. The molecule has 5 nitrogen and oxygen atoms in total. The normalized spacial score (nSPS) is 10.4. The van der Waals surface area contributed by atoms with Gasteiger partial charge in [0.2, 0.25) is 6.41 Å². The highest BCUT2D eigenvalue weighted by Gasteiger charge is 1.91. The number of amides is 1. The zero-order chi connectivity index (χ0) is 13.5. The Morgan fingerprint density at radius 2 is 2.18 bits per heavy atom. The van der Waals surface area contributed by atoms with Gasteiger partial charge in [-0.2, -0.15) is 0 Å². The van der Waals surface area contributed by atoms with E-state index in [9.17, 15) is 9.59 Å². The molecule has 0 heterocycles. The van der Waals surface area contributed by atoms with Crippen LogP contribution in [0.15, 0.2) is 36.6 Å². The minimum Gasteiger partial charge on any atom is -0.481 e. The Bertz CT molecular complexity index is 282. The molecule has 0 radical (unpaired) electrons. The summed E-state index contributed by atoms with van der Waals surface area (Å²) in [4.78, 5) is 19.6. The van der Waals surface area contributed by atoms with Crippen LogP contribution in [0.2, 0.25) is 0 Å². The highest BCUT2D eigenvalue weighted by Crippen LogP contribution is 1.88. The van der Waals surface area contributed by atoms with E-state index in [1.54, 1.807) is 12.2 Å². The van der Waals surface area contributed by atoms with Crippen LogP contribution in [0.25, 0.3) is 0 Å². The topological polar surface area (TPSA) is 75.6 Å². The van der Waals surface area contributed by atoms with Gasteiger partial charge < -0.3 is 15.2 Å². The second kappa shape index (κ2) is 14.1. The van der Waals surface area contributed by atoms with Crippen molar-refractivity contribution < 1.29 is 19.4 Å². The van der Waals surface area contributed by atoms with Crippen LogP contribution < -0.4 is 5.32 Å². The van der Waals surface area contributed by atoms with Gasteiger partial charge in [0.05, 0.1) is 13.0 Å². The Morgan fingerprint density at radius 1 is 1.53 bits per heavy atom. The molecule has 0 aromatic rings. The van der Waals surface area contributed by atoms with Crippen molar-refractivity contribution in [1.82, 2.24) is 5.32 Å². The molecular weight excluding hydrogens is 222 g/mol. The molecule has 1 amide bonds. The monoisotopic (exact) mass is 241 g/mol. The maximum absolute atomic E-state index is 9.91. The van der Waals surface area contributed by atoms with Crippen LogP contribution in [0, 0.1) is 0 Å². The summed E-state index contributed by atoms with van der Waals surface area (Å²) >= 11 is 0. The molecule has 0 fully saturated rings. The molecule has 0 aliphatic rings. The summed E-state index contributed by atoms with van der Waals surface area (Å²) in [6, 6.07) is 0. The van der Waals surface area contributed by atoms with E-state index in [0.29, 0.717) is 18.7 Å². The molecule has 0 rings (SSSR count). The highest BCUT2D eigenvalue weighted by atomic mass is 16.5. The molecule has 0 saturated carbocycles. The molecule has 96 valence electrons. The lowest BCUT2D eigenvalue weighted by Gasteiger charge is -1.93. The number of allylic oxidation sites excluding steroid dienone is 4. The zero-order valence-electron chi connectivity index (χ0n) is 10.2. The van der Waals surface area contributed by atoms with Gasteiger partial charge in [-0.3, -0.25) is 9.59 Å². The molecule has 0 aromatic heterocycles. The highest BCUT2D eigenvalue weighted by molar-refractivity contribution is 5.66. The van der Waals surface area contributed by atoms with E-state index < -0.39 is 5.97 Å². The van der Waals surface area contributed by atoms with Crippen molar-refractivity contribution >= 4 is 12.4 Å². The molecule has 0 bridgehead atoms. The Balaban J connectivity index is 0. The fourth-order valence-corrected chi connectivity index (χ4v) is 0.632. The molecule has 0 atom stereocenters. The average Bonchev–Trinajstić information content (AvgIpc) is 2.32. The number of aliphatic carboxylic acids is 1. The minimum atomic E-state index is -0.818. The first-order chi connectivity index (χ1) is 8.12. The van der Waals surface area contributed by atoms with E-state index >= 15 is 0 Å². The quantitative estimate of drug-likeness (QED) is 0.523. The summed E-state index contributed by atoms with van der Waals surface area (Å²) < 4.78 is 4.47. The van der Waals surface area contributed by atoms with Crippen molar-refractivity contribution in [2.24, 2.45) is 0 Å². The van der Waals surface area contributed by atoms with E-state index in [1.807, 2.05) is 19.1 Å². The second-order valence-corrected chi connectivity index (χ2v) is 2.75. The number of hydrogen-bond donors (Lipinski definition) is 2. The maximum atomic E-state index is 9.91. The first kappa shape index (κ1) is 17.5. The fourth-order valence-electron chi connectivity index (χ4n) is 0.632. The van der Waals surface area contributed by atoms with E-state index in [1.165, 1.54) is 7.11 Å². The van der Waals surface area contributed by atoms with Gasteiger partial charge in [0.25, 0.3) is 0 Å². The molecule has 0 unspecified atom stereocenters. The molecule has 2 N–H and O–H groups in total. The van der Waals surface area contributed by atoms with Crippen molar-refractivity contribution in [2.75, 3.05) is 13.7 Å². The number of carboxylic acid groups (broad SMARTS) is 1. The number of carbonyl (C=O) groups is 2. The third-order valence-electron chi connectivity index (χ3n) is 1.43. The number of methoxy groups -OCH3 is 1. The van der Waals surface area contributed by atoms with Gasteiger partial charge in [-0.05, 0) is 19.1 Å². The summed E-state index contributed by atoms with van der Waals surface area (Å²) in [5, 5.41) is 10.4. The third-order valence-corrected chi connectivity index (χ3v) is 1.43. The molecule has 0 aromatic carbocycles. The third kappa shape index (κ3) is 16.8. The molecule has 0 saturated heterocycles. The van der Waals surface area contributed by atoms with Crippen LogP contribution in [-0.4, -0.2) is 31.2 Å². The number of carboxylic acids is 1. The molecule has 0 aliphatic heterocycles. The van der Waals surface area contributed by atoms with Gasteiger partial charge >= 0.3 is 5.97 Å². The Hall–Kier alpha value is -1.88. The van der Waals surface area contributed by atoms with E-state index in [0.717, 1.165) is 0 Å². The molecule has 0 aliphatic carbocycles. The Kier molecular flexibility index (Phi) is 14.5. The van der Waals surface area contributed by atoms with Crippen LogP contribution in [0.5, 0.6) is 0 Å². The smallest absolute Gasteiger partial charge is 0.305 e. The summed E-state index contributed by atoms with van der Waals surface area (Å²) in [6.07, 6.45) is 7.76. The minimum absolute atomic E-state index is 0.0938. The Labute approximate surface area is 101 Å². The second-order valence-electron chi connectivity index (χ2n) is 2.75. The standard InChI is InChI=1S/C8H11NO.C4H8O3/c1-3-5-6-8(4-2)9-7-10;1-7-3-2-4(5)6/h3-7H,2H2,1H3,(H,9,10);2-3H2,1H3,(H,5,6)/b5-3-,8-6+;. The van der Waals surface area contributed by atoms with Crippen LogP contribution in [0.4, 0.5) is 0 Å². The fraction of sp³-hybridized carbons (Fsp3) is 0.333. The van der Waals surface area contributed by atoms with Gasteiger partial charge in [0.15, 0.2) is 0 Å². The summed E-state index contributed by atoms with van der Waals surface area (Å²) in [6.45, 7) is 5.71. The van der Waals surface area contributed by atoms with Gasteiger partial charge in [0.1, 0.15) is 0 Å². The predicted octanol–water partition coefficient (Wildman–Crippen LogP) is 1.49. The molecule has 5 heteroatoms. The number of rotatable bonds is 7. The van der Waals surface area contributed by atoms with Gasteiger partial charge in [0, 0.05) is 12.8 Å². The van der Waals surface area contributed by atoms with Crippen LogP contribution in [0.3, 0.4) is 0 Å². The molecule has 0 spiro atoms. The van der Waals surface area contributed by atoms with Crippen LogP contribution in [-0.2, 0) is 14.3 Å². The van der Waals surface area contributed by atoms with Crippen molar-refractivity contribution in [1.29, 1.82) is 0 Å². The van der Waals surface area contributed by atoms with E-state index in [-0.39, 0.29) is 6.42 Å². The van der Waals surface area contributed by atoms with Crippen LogP contribution >= 0.6 is 0 Å². The van der Waals surface area contributed by atoms with Crippen molar-refractivity contribution in [3.8, 4) is 0 Å². The number of hydrogen-bond acceptors (Lipinski definition) is 3. The largest absolute Gasteiger partial charge is 0.481 e.